The second kappa shape index (κ2) is 5.14. The van der Waals surface area contributed by atoms with Gasteiger partial charge >= 0.3 is 0 Å². The lowest BCUT2D eigenvalue weighted by Gasteiger charge is -2.26. The van der Waals surface area contributed by atoms with Gasteiger partial charge in [0.2, 0.25) is 0 Å². The van der Waals surface area contributed by atoms with Gasteiger partial charge in [-0.2, -0.15) is 0 Å². The fraction of sp³-hybridized carbons (Fsp3) is 0.455. The van der Waals surface area contributed by atoms with Crippen LogP contribution in [0.1, 0.15) is 5.56 Å². The van der Waals surface area contributed by atoms with Gasteiger partial charge in [-0.25, -0.2) is 8.42 Å². The molecule has 0 atom stereocenters. The number of hydrogen-bond acceptors (Lipinski definition) is 3. The summed E-state index contributed by atoms with van der Waals surface area (Å²) in [6, 6.07) is 4.94. The maximum Gasteiger partial charge on any atom is 0.154 e. The molecule has 0 saturated carbocycles. The van der Waals surface area contributed by atoms with E-state index in [9.17, 15) is 8.42 Å². The van der Waals surface area contributed by atoms with Crippen molar-refractivity contribution in [1.82, 2.24) is 5.32 Å². The zero-order chi connectivity index (χ0) is 12.5. The minimum atomic E-state index is -3.07. The second-order valence-corrected chi connectivity index (χ2v) is 7.25. The number of sulfone groups is 1. The Balaban J connectivity index is 2.05. The molecule has 1 saturated heterocycles. The number of benzene rings is 1. The summed E-state index contributed by atoms with van der Waals surface area (Å²) in [5, 5.41) is 3.90. The van der Waals surface area contributed by atoms with Crippen molar-refractivity contribution in [2.75, 3.05) is 18.8 Å². The Morgan fingerprint density at radius 2 is 1.94 bits per heavy atom. The predicted molar refractivity (Wildman–Crippen MR) is 70.3 cm³/mol. The molecule has 2 rings (SSSR count). The van der Waals surface area contributed by atoms with Crippen molar-refractivity contribution in [1.29, 1.82) is 0 Å². The first-order chi connectivity index (χ1) is 7.96. The van der Waals surface area contributed by atoms with Gasteiger partial charge in [0.15, 0.2) is 9.84 Å². The minimum Gasteiger partial charge on any atom is -0.316 e. The van der Waals surface area contributed by atoms with Gasteiger partial charge in [0.05, 0.1) is 21.6 Å². The smallest absolute Gasteiger partial charge is 0.154 e. The van der Waals surface area contributed by atoms with Gasteiger partial charge in [0, 0.05) is 13.1 Å². The third-order valence-corrected chi connectivity index (χ3v) is 5.22. The summed E-state index contributed by atoms with van der Waals surface area (Å²) in [5.74, 6) is 0.517. The lowest BCUT2D eigenvalue weighted by Crippen LogP contribution is -2.45. The van der Waals surface area contributed by atoms with Crippen LogP contribution in [0.25, 0.3) is 0 Å². The molecule has 0 amide bonds. The number of halogens is 2. The van der Waals surface area contributed by atoms with Crippen LogP contribution in [0.2, 0.25) is 10.0 Å². The van der Waals surface area contributed by atoms with Gasteiger partial charge in [0.25, 0.3) is 0 Å². The quantitative estimate of drug-likeness (QED) is 0.925. The summed E-state index contributed by atoms with van der Waals surface area (Å²) in [4.78, 5) is 0. The molecule has 0 bridgehead atoms. The normalized spacial score (nSPS) is 16.8. The van der Waals surface area contributed by atoms with Crippen LogP contribution in [-0.2, 0) is 15.6 Å². The third-order valence-electron chi connectivity index (χ3n) is 2.73. The van der Waals surface area contributed by atoms with Crippen molar-refractivity contribution in [2.24, 2.45) is 5.92 Å². The van der Waals surface area contributed by atoms with Gasteiger partial charge in [0.1, 0.15) is 0 Å². The first-order valence-electron chi connectivity index (χ1n) is 5.31. The van der Waals surface area contributed by atoms with E-state index in [-0.39, 0.29) is 17.4 Å². The van der Waals surface area contributed by atoms with E-state index in [1.807, 2.05) is 0 Å². The minimum absolute atomic E-state index is 0.0282. The molecular weight excluding hydrogens is 281 g/mol. The Labute approximate surface area is 111 Å². The number of nitrogens with one attached hydrogen (secondary N) is 1. The molecule has 17 heavy (non-hydrogen) atoms. The van der Waals surface area contributed by atoms with Crippen LogP contribution in [0.3, 0.4) is 0 Å². The Morgan fingerprint density at radius 1 is 1.24 bits per heavy atom. The Kier molecular flexibility index (Phi) is 3.98. The summed E-state index contributed by atoms with van der Waals surface area (Å²) in [6.07, 6.45) is 0. The molecular formula is C11H13Cl2NO2S. The highest BCUT2D eigenvalue weighted by molar-refractivity contribution is 7.90. The molecule has 0 spiro atoms. The second-order valence-electron chi connectivity index (χ2n) is 4.33. The van der Waals surface area contributed by atoms with E-state index >= 15 is 0 Å². The molecule has 1 aromatic carbocycles. The van der Waals surface area contributed by atoms with E-state index in [1.165, 1.54) is 0 Å². The van der Waals surface area contributed by atoms with Crippen LogP contribution >= 0.6 is 23.2 Å². The topological polar surface area (TPSA) is 46.2 Å². The molecule has 6 heteroatoms. The largest absolute Gasteiger partial charge is 0.316 e. The van der Waals surface area contributed by atoms with E-state index < -0.39 is 9.84 Å². The zero-order valence-corrected chi connectivity index (χ0v) is 11.4. The molecule has 3 nitrogen and oxygen atoms in total. The molecule has 1 N–H and O–H groups in total. The Bertz CT molecular complexity index is 512. The van der Waals surface area contributed by atoms with Crippen LogP contribution in [-0.4, -0.2) is 27.3 Å². The highest BCUT2D eigenvalue weighted by atomic mass is 35.5. The van der Waals surface area contributed by atoms with Crippen LogP contribution in [0.15, 0.2) is 18.2 Å². The van der Waals surface area contributed by atoms with E-state index in [0.717, 1.165) is 13.1 Å². The van der Waals surface area contributed by atoms with Crippen molar-refractivity contribution in [2.45, 2.75) is 5.75 Å². The van der Waals surface area contributed by atoms with Gasteiger partial charge < -0.3 is 5.32 Å². The van der Waals surface area contributed by atoms with E-state index in [2.05, 4.69) is 5.32 Å². The summed E-state index contributed by atoms with van der Waals surface area (Å²) >= 11 is 11.6. The van der Waals surface area contributed by atoms with Crippen LogP contribution in [0.4, 0.5) is 0 Å². The first kappa shape index (κ1) is 13.1. The molecule has 1 heterocycles. The maximum atomic E-state index is 11.9. The van der Waals surface area contributed by atoms with Gasteiger partial charge in [-0.3, -0.25) is 0 Å². The molecule has 1 fully saturated rings. The van der Waals surface area contributed by atoms with Crippen molar-refractivity contribution in [3.8, 4) is 0 Å². The van der Waals surface area contributed by atoms with Gasteiger partial charge in [-0.15, -0.1) is 0 Å². The van der Waals surface area contributed by atoms with E-state index in [4.69, 9.17) is 23.2 Å². The summed E-state index contributed by atoms with van der Waals surface area (Å²) < 4.78 is 23.8. The zero-order valence-electron chi connectivity index (χ0n) is 9.12. The van der Waals surface area contributed by atoms with Crippen LogP contribution in [0.5, 0.6) is 0 Å². The van der Waals surface area contributed by atoms with E-state index in [1.54, 1.807) is 18.2 Å². The lowest BCUT2D eigenvalue weighted by atomic mass is 10.1. The predicted octanol–water partition coefficient (Wildman–Crippen LogP) is 2.13. The molecule has 0 aliphatic carbocycles. The average molecular weight is 294 g/mol. The molecule has 1 aromatic rings. The molecule has 1 aliphatic heterocycles. The van der Waals surface area contributed by atoms with Gasteiger partial charge in [-0.05, 0) is 23.6 Å². The van der Waals surface area contributed by atoms with Crippen molar-refractivity contribution >= 4 is 33.0 Å². The molecule has 0 radical (unpaired) electrons. The lowest BCUT2D eigenvalue weighted by molar-refractivity contribution is 0.378. The Morgan fingerprint density at radius 3 is 2.47 bits per heavy atom. The van der Waals surface area contributed by atoms with E-state index in [0.29, 0.717) is 15.6 Å². The molecule has 0 unspecified atom stereocenters. The first-order valence-corrected chi connectivity index (χ1v) is 7.89. The SMILES string of the molecule is O=S(=O)(Cc1ccc(Cl)c(Cl)c1)CC1CNC1. The monoisotopic (exact) mass is 293 g/mol. The van der Waals surface area contributed by atoms with Crippen molar-refractivity contribution < 1.29 is 8.42 Å². The molecule has 1 aliphatic rings. The van der Waals surface area contributed by atoms with Gasteiger partial charge in [-0.1, -0.05) is 29.3 Å². The summed E-state index contributed by atoms with van der Waals surface area (Å²) in [7, 11) is -3.07. The third kappa shape index (κ3) is 3.58. The summed E-state index contributed by atoms with van der Waals surface area (Å²) in [6.45, 7) is 1.58. The fourth-order valence-electron chi connectivity index (χ4n) is 1.77. The average Bonchev–Trinajstić information content (AvgIpc) is 2.18. The molecule has 94 valence electrons. The van der Waals surface area contributed by atoms with Crippen LogP contribution in [0, 0.1) is 5.92 Å². The number of hydrogen-bond donors (Lipinski definition) is 1. The fourth-order valence-corrected chi connectivity index (χ4v) is 3.85. The number of rotatable bonds is 4. The highest BCUT2D eigenvalue weighted by Crippen LogP contribution is 2.24. The molecule has 0 aromatic heterocycles. The Hall–Kier alpha value is -0.290. The van der Waals surface area contributed by atoms with Crippen molar-refractivity contribution in [3.05, 3.63) is 33.8 Å². The summed E-state index contributed by atoms with van der Waals surface area (Å²) in [5.41, 5.74) is 0.687. The maximum absolute atomic E-state index is 11.9. The standard InChI is InChI=1S/C11H13Cl2NO2S/c12-10-2-1-8(3-11(10)13)6-17(15,16)7-9-4-14-5-9/h1-3,9,14H,4-7H2. The van der Waals surface area contributed by atoms with Crippen molar-refractivity contribution in [3.63, 3.8) is 0 Å². The van der Waals surface area contributed by atoms with Crippen LogP contribution < -0.4 is 5.32 Å². The highest BCUT2D eigenvalue weighted by Gasteiger charge is 2.24.